The lowest BCUT2D eigenvalue weighted by Crippen LogP contribution is -2.37. The molecule has 5 nitrogen and oxygen atoms in total. The van der Waals surface area contributed by atoms with Gasteiger partial charge in [-0.15, -0.1) is 5.48 Å². The van der Waals surface area contributed by atoms with Crippen LogP contribution < -0.4 is 5.48 Å². The molecule has 0 fully saturated rings. The molecule has 0 saturated carbocycles. The molecule has 0 heterocycles. The van der Waals surface area contributed by atoms with Crippen molar-refractivity contribution in [2.24, 2.45) is 17.8 Å². The Hall–Kier alpha value is -1.26. The number of ether oxygens (including phenoxy) is 1. The number of nitrogens with one attached hydrogen (secondary N) is 1. The van der Waals surface area contributed by atoms with Gasteiger partial charge in [-0.05, 0) is 32.6 Å². The van der Waals surface area contributed by atoms with Crippen LogP contribution in [0.4, 0.5) is 4.79 Å². The van der Waals surface area contributed by atoms with Gasteiger partial charge in [-0.1, -0.05) is 27.7 Å². The molecule has 0 bridgehead atoms. The average molecular weight is 259 g/mol. The van der Waals surface area contributed by atoms with Gasteiger partial charge in [-0.3, -0.25) is 0 Å². The SMILES string of the molecule is CC(C)C(C(=O)ONC(=O)OC(C)(C)C)C(C)C. The zero-order valence-electron chi connectivity index (χ0n) is 12.4. The second-order valence-electron chi connectivity index (χ2n) is 6.04. The third kappa shape index (κ3) is 6.47. The molecule has 0 unspecified atom stereocenters. The zero-order chi connectivity index (χ0) is 14.5. The van der Waals surface area contributed by atoms with Crippen LogP contribution in [0.15, 0.2) is 0 Å². The standard InChI is InChI=1S/C13H25NO4/c1-8(2)10(9(3)4)11(15)18-14-12(16)17-13(5,6)7/h8-10H,1-7H3,(H,14,16). The van der Waals surface area contributed by atoms with E-state index in [2.05, 4.69) is 0 Å². The normalized spacial score (nSPS) is 11.9. The highest BCUT2D eigenvalue weighted by Gasteiger charge is 2.28. The summed E-state index contributed by atoms with van der Waals surface area (Å²) in [4.78, 5) is 27.9. The molecule has 0 aromatic carbocycles. The van der Waals surface area contributed by atoms with Crippen LogP contribution in [0.2, 0.25) is 0 Å². The molecule has 18 heavy (non-hydrogen) atoms. The van der Waals surface area contributed by atoms with Gasteiger partial charge >= 0.3 is 12.1 Å². The summed E-state index contributed by atoms with van der Waals surface area (Å²) in [6.45, 7) is 13.0. The lowest BCUT2D eigenvalue weighted by Gasteiger charge is -2.23. The Labute approximate surface area is 109 Å². The van der Waals surface area contributed by atoms with Gasteiger partial charge in [-0.25, -0.2) is 9.59 Å². The number of hydrogen-bond acceptors (Lipinski definition) is 4. The first-order valence-corrected chi connectivity index (χ1v) is 6.24. The Morgan fingerprint density at radius 3 is 1.78 bits per heavy atom. The van der Waals surface area contributed by atoms with Gasteiger partial charge in [0.1, 0.15) is 5.60 Å². The first kappa shape index (κ1) is 16.7. The topological polar surface area (TPSA) is 64.6 Å². The number of carbonyl (C=O) groups excluding carboxylic acids is 2. The minimum Gasteiger partial charge on any atom is -0.442 e. The van der Waals surface area contributed by atoms with Crippen molar-refractivity contribution in [2.75, 3.05) is 0 Å². The fraction of sp³-hybridized carbons (Fsp3) is 0.846. The predicted octanol–water partition coefficient (Wildman–Crippen LogP) is 2.90. The fourth-order valence-electron chi connectivity index (χ4n) is 1.77. The molecule has 1 amide bonds. The minimum atomic E-state index is -0.762. The molecule has 0 aliphatic carbocycles. The fourth-order valence-corrected chi connectivity index (χ4v) is 1.77. The molecule has 0 saturated heterocycles. The van der Waals surface area contributed by atoms with Crippen LogP contribution in [0, 0.1) is 17.8 Å². The van der Waals surface area contributed by atoms with Crippen molar-refractivity contribution in [1.82, 2.24) is 5.48 Å². The van der Waals surface area contributed by atoms with E-state index in [1.54, 1.807) is 20.8 Å². The maximum absolute atomic E-state index is 11.8. The van der Waals surface area contributed by atoms with Crippen molar-refractivity contribution in [1.29, 1.82) is 0 Å². The van der Waals surface area contributed by atoms with E-state index in [4.69, 9.17) is 9.57 Å². The number of carbonyl (C=O) groups is 2. The first-order chi connectivity index (χ1) is 8.04. The Kier molecular flexibility index (Phi) is 6.15. The summed E-state index contributed by atoms with van der Waals surface area (Å²) in [5, 5.41) is 0. The minimum absolute atomic E-state index is 0.151. The van der Waals surface area contributed by atoms with E-state index < -0.39 is 17.7 Å². The zero-order valence-corrected chi connectivity index (χ0v) is 12.4. The van der Waals surface area contributed by atoms with Crippen molar-refractivity contribution in [2.45, 2.75) is 54.1 Å². The summed E-state index contributed by atoms with van der Waals surface area (Å²) in [6, 6.07) is 0. The molecule has 0 aromatic heterocycles. The average Bonchev–Trinajstić information content (AvgIpc) is 2.10. The predicted molar refractivity (Wildman–Crippen MR) is 68.6 cm³/mol. The van der Waals surface area contributed by atoms with E-state index in [1.165, 1.54) is 0 Å². The van der Waals surface area contributed by atoms with E-state index in [9.17, 15) is 9.59 Å². The van der Waals surface area contributed by atoms with Crippen molar-refractivity contribution < 1.29 is 19.2 Å². The highest BCUT2D eigenvalue weighted by Crippen LogP contribution is 2.21. The molecule has 0 aliphatic rings. The number of hydroxylamine groups is 1. The van der Waals surface area contributed by atoms with Crippen LogP contribution in [0.25, 0.3) is 0 Å². The molecule has 106 valence electrons. The first-order valence-electron chi connectivity index (χ1n) is 6.24. The summed E-state index contributed by atoms with van der Waals surface area (Å²) in [6.07, 6.45) is -0.762. The molecular formula is C13H25NO4. The van der Waals surface area contributed by atoms with E-state index >= 15 is 0 Å². The molecule has 0 atom stereocenters. The second-order valence-corrected chi connectivity index (χ2v) is 6.04. The molecule has 1 N–H and O–H groups in total. The maximum atomic E-state index is 11.8. The monoisotopic (exact) mass is 259 g/mol. The lowest BCUT2D eigenvalue weighted by molar-refractivity contribution is -0.159. The Morgan fingerprint density at radius 1 is 1.00 bits per heavy atom. The smallest absolute Gasteiger partial charge is 0.441 e. The Balaban J connectivity index is 4.29. The molecule has 0 radical (unpaired) electrons. The highest BCUT2D eigenvalue weighted by atomic mass is 16.7. The molecule has 5 heteroatoms. The maximum Gasteiger partial charge on any atom is 0.441 e. The molecule has 0 spiro atoms. The van der Waals surface area contributed by atoms with Gasteiger partial charge in [0.25, 0.3) is 0 Å². The lowest BCUT2D eigenvalue weighted by atomic mass is 9.86. The Morgan fingerprint density at radius 2 is 1.44 bits per heavy atom. The summed E-state index contributed by atoms with van der Waals surface area (Å²) in [5.74, 6) is -0.387. The van der Waals surface area contributed by atoms with Crippen LogP contribution in [-0.4, -0.2) is 17.7 Å². The van der Waals surface area contributed by atoms with E-state index in [0.717, 1.165) is 0 Å². The van der Waals surface area contributed by atoms with E-state index in [0.29, 0.717) is 0 Å². The summed E-state index contributed by atoms with van der Waals surface area (Å²) < 4.78 is 4.96. The molecule has 0 rings (SSSR count). The number of rotatable bonds is 3. The molecular weight excluding hydrogens is 234 g/mol. The summed E-state index contributed by atoms with van der Waals surface area (Å²) in [5.41, 5.74) is 1.40. The van der Waals surface area contributed by atoms with Crippen LogP contribution >= 0.6 is 0 Å². The quantitative estimate of drug-likeness (QED) is 0.791. The third-order valence-corrected chi connectivity index (χ3v) is 2.34. The van der Waals surface area contributed by atoms with E-state index in [-0.39, 0.29) is 17.8 Å². The van der Waals surface area contributed by atoms with Crippen molar-refractivity contribution >= 4 is 12.1 Å². The second kappa shape index (κ2) is 6.61. The molecule has 0 aliphatic heterocycles. The van der Waals surface area contributed by atoms with E-state index in [1.807, 2.05) is 33.2 Å². The van der Waals surface area contributed by atoms with Crippen molar-refractivity contribution in [3.63, 3.8) is 0 Å². The third-order valence-electron chi connectivity index (χ3n) is 2.34. The van der Waals surface area contributed by atoms with Gasteiger partial charge in [0, 0.05) is 0 Å². The van der Waals surface area contributed by atoms with Crippen LogP contribution in [-0.2, 0) is 14.4 Å². The number of amides is 1. The van der Waals surface area contributed by atoms with Gasteiger partial charge in [0.05, 0.1) is 5.92 Å². The largest absolute Gasteiger partial charge is 0.442 e. The van der Waals surface area contributed by atoms with Crippen molar-refractivity contribution in [3.05, 3.63) is 0 Å². The van der Waals surface area contributed by atoms with Gasteiger partial charge in [-0.2, -0.15) is 0 Å². The summed E-state index contributed by atoms with van der Waals surface area (Å²) in [7, 11) is 0. The van der Waals surface area contributed by atoms with Crippen LogP contribution in [0.5, 0.6) is 0 Å². The Bertz CT molecular complexity index is 284. The van der Waals surface area contributed by atoms with Gasteiger partial charge in [0.15, 0.2) is 0 Å². The highest BCUT2D eigenvalue weighted by molar-refractivity contribution is 5.75. The summed E-state index contributed by atoms with van der Waals surface area (Å²) >= 11 is 0. The van der Waals surface area contributed by atoms with Crippen molar-refractivity contribution in [3.8, 4) is 0 Å². The van der Waals surface area contributed by atoms with Crippen LogP contribution in [0.1, 0.15) is 48.5 Å². The van der Waals surface area contributed by atoms with Gasteiger partial charge < -0.3 is 9.57 Å². The molecule has 0 aromatic rings. The van der Waals surface area contributed by atoms with Gasteiger partial charge in [0.2, 0.25) is 0 Å². The van der Waals surface area contributed by atoms with Crippen LogP contribution in [0.3, 0.4) is 0 Å². The number of hydrogen-bond donors (Lipinski definition) is 1.